The Balaban J connectivity index is 2.09. The van der Waals surface area contributed by atoms with Gasteiger partial charge in [-0.3, -0.25) is 4.79 Å². The third-order valence-corrected chi connectivity index (χ3v) is 2.32. The average molecular weight is 229 g/mol. The third-order valence-electron chi connectivity index (χ3n) is 1.59. The second-order valence-electron chi connectivity index (χ2n) is 2.76. The number of carboxylic acid groups (broad SMARTS) is 1. The monoisotopic (exact) mass is 229 g/mol. The molecule has 0 aliphatic rings. The maximum Gasteiger partial charge on any atom is 0.407 e. The highest BCUT2D eigenvalue weighted by Crippen LogP contribution is 2.06. The molecule has 0 atom stereocenters. The molecule has 0 unspecified atom stereocenters. The van der Waals surface area contributed by atoms with Crippen LogP contribution in [0, 0.1) is 0 Å². The first-order valence-corrected chi connectivity index (χ1v) is 5.26. The lowest BCUT2D eigenvalue weighted by atomic mass is 10.3. The molecule has 1 heterocycles. The fraction of sp³-hybridized carbons (Fsp3) is 0.333. The van der Waals surface area contributed by atoms with Gasteiger partial charge >= 0.3 is 12.1 Å². The second-order valence-corrected chi connectivity index (χ2v) is 3.54. The number of hydrogen-bond acceptors (Lipinski definition) is 4. The van der Waals surface area contributed by atoms with Crippen LogP contribution >= 0.6 is 11.3 Å². The fourth-order valence-corrected chi connectivity index (χ4v) is 1.60. The van der Waals surface area contributed by atoms with E-state index < -0.39 is 18.6 Å². The molecule has 6 heteroatoms. The van der Waals surface area contributed by atoms with E-state index in [2.05, 4.69) is 5.32 Å². The Morgan fingerprint density at radius 1 is 1.53 bits per heavy atom. The summed E-state index contributed by atoms with van der Waals surface area (Å²) < 4.78 is 4.76. The summed E-state index contributed by atoms with van der Waals surface area (Å²) in [6.45, 7) is -0.167. The molecule has 1 aromatic rings. The molecule has 0 aromatic carbocycles. The van der Waals surface area contributed by atoms with Gasteiger partial charge in [-0.25, -0.2) is 4.79 Å². The SMILES string of the molecule is O=C(O)CNC(=O)OCCc1ccsc1. The molecule has 2 N–H and O–H groups in total. The minimum Gasteiger partial charge on any atom is -0.480 e. The van der Waals surface area contributed by atoms with Crippen molar-refractivity contribution in [1.29, 1.82) is 0 Å². The van der Waals surface area contributed by atoms with Gasteiger partial charge in [-0.05, 0) is 22.4 Å². The standard InChI is InChI=1S/C9H11NO4S/c11-8(12)5-10-9(13)14-3-1-7-2-4-15-6-7/h2,4,6H,1,3,5H2,(H,10,13)(H,11,12). The molecule has 1 rings (SSSR count). The molecular formula is C9H11NO4S. The number of rotatable bonds is 5. The normalized spacial score (nSPS) is 9.60. The Morgan fingerprint density at radius 3 is 2.93 bits per heavy atom. The third kappa shape index (κ3) is 5.02. The van der Waals surface area contributed by atoms with Crippen molar-refractivity contribution in [1.82, 2.24) is 5.32 Å². The second kappa shape index (κ2) is 6.02. The highest BCUT2D eigenvalue weighted by Gasteiger charge is 2.04. The van der Waals surface area contributed by atoms with Crippen molar-refractivity contribution in [2.75, 3.05) is 13.2 Å². The number of alkyl carbamates (subject to hydrolysis) is 1. The van der Waals surface area contributed by atoms with E-state index in [-0.39, 0.29) is 6.61 Å². The van der Waals surface area contributed by atoms with Crippen LogP contribution < -0.4 is 5.32 Å². The first-order chi connectivity index (χ1) is 7.18. The van der Waals surface area contributed by atoms with E-state index in [1.165, 1.54) is 0 Å². The quantitative estimate of drug-likeness (QED) is 0.792. The van der Waals surface area contributed by atoms with Gasteiger partial charge < -0.3 is 15.2 Å². The van der Waals surface area contributed by atoms with Crippen LogP contribution in [0.25, 0.3) is 0 Å². The fourth-order valence-electron chi connectivity index (χ4n) is 0.895. The minimum atomic E-state index is -1.09. The maximum absolute atomic E-state index is 10.9. The highest BCUT2D eigenvalue weighted by molar-refractivity contribution is 7.07. The lowest BCUT2D eigenvalue weighted by Crippen LogP contribution is -2.30. The Hall–Kier alpha value is -1.56. The molecule has 0 spiro atoms. The Labute approximate surface area is 90.7 Å². The topological polar surface area (TPSA) is 75.6 Å². The summed E-state index contributed by atoms with van der Waals surface area (Å²) in [5.74, 6) is -1.09. The van der Waals surface area contributed by atoms with Crippen LogP contribution in [0.1, 0.15) is 5.56 Å². The lowest BCUT2D eigenvalue weighted by molar-refractivity contribution is -0.135. The molecular weight excluding hydrogens is 218 g/mol. The van der Waals surface area contributed by atoms with Crippen molar-refractivity contribution in [3.05, 3.63) is 22.4 Å². The molecule has 5 nitrogen and oxygen atoms in total. The van der Waals surface area contributed by atoms with Gasteiger partial charge in [-0.1, -0.05) is 0 Å². The summed E-state index contributed by atoms with van der Waals surface area (Å²) in [6, 6.07) is 1.95. The Kier molecular flexibility index (Phi) is 4.62. The molecule has 1 aromatic heterocycles. The number of aliphatic carboxylic acids is 1. The largest absolute Gasteiger partial charge is 0.480 e. The van der Waals surface area contributed by atoms with Gasteiger partial charge in [0.1, 0.15) is 6.54 Å². The molecule has 0 saturated heterocycles. The van der Waals surface area contributed by atoms with Crippen molar-refractivity contribution in [3.8, 4) is 0 Å². The van der Waals surface area contributed by atoms with Crippen molar-refractivity contribution >= 4 is 23.4 Å². The van der Waals surface area contributed by atoms with Gasteiger partial charge in [-0.2, -0.15) is 11.3 Å². The van der Waals surface area contributed by atoms with E-state index in [1.54, 1.807) is 11.3 Å². The molecule has 0 saturated carbocycles. The van der Waals surface area contributed by atoms with Gasteiger partial charge in [0, 0.05) is 6.42 Å². The number of carbonyl (C=O) groups is 2. The van der Waals surface area contributed by atoms with Crippen molar-refractivity contribution in [2.24, 2.45) is 0 Å². The number of amides is 1. The van der Waals surface area contributed by atoms with Gasteiger partial charge in [0.15, 0.2) is 0 Å². The van der Waals surface area contributed by atoms with Crippen LogP contribution in [0.4, 0.5) is 4.79 Å². The van der Waals surface area contributed by atoms with E-state index >= 15 is 0 Å². The average Bonchev–Trinajstić information content (AvgIpc) is 2.67. The van der Waals surface area contributed by atoms with E-state index in [0.29, 0.717) is 6.42 Å². The Bertz CT molecular complexity index is 323. The number of nitrogens with one attached hydrogen (secondary N) is 1. The van der Waals surface area contributed by atoms with Gasteiger partial charge in [0.05, 0.1) is 6.61 Å². The first kappa shape index (κ1) is 11.5. The van der Waals surface area contributed by atoms with Crippen molar-refractivity contribution in [3.63, 3.8) is 0 Å². The number of carbonyl (C=O) groups excluding carboxylic acids is 1. The van der Waals surface area contributed by atoms with Gasteiger partial charge in [-0.15, -0.1) is 0 Å². The van der Waals surface area contributed by atoms with Crippen LogP contribution in [0.5, 0.6) is 0 Å². The van der Waals surface area contributed by atoms with Crippen LogP contribution in [0.2, 0.25) is 0 Å². The summed E-state index contributed by atoms with van der Waals surface area (Å²) in [6.07, 6.45) is -0.0584. The van der Waals surface area contributed by atoms with E-state index in [1.807, 2.05) is 16.8 Å². The number of hydrogen-bond donors (Lipinski definition) is 2. The smallest absolute Gasteiger partial charge is 0.407 e. The summed E-state index contributed by atoms with van der Waals surface area (Å²) >= 11 is 1.58. The molecule has 1 amide bonds. The first-order valence-electron chi connectivity index (χ1n) is 4.32. The molecule has 0 aliphatic carbocycles. The number of thiophene rings is 1. The molecule has 0 radical (unpaired) electrons. The zero-order valence-corrected chi connectivity index (χ0v) is 8.75. The summed E-state index contributed by atoms with van der Waals surface area (Å²) in [4.78, 5) is 21.0. The predicted molar refractivity (Wildman–Crippen MR) is 55.0 cm³/mol. The summed E-state index contributed by atoms with van der Waals surface area (Å²) in [7, 11) is 0. The van der Waals surface area contributed by atoms with Crippen LogP contribution in [0.15, 0.2) is 16.8 Å². The molecule has 0 aliphatic heterocycles. The summed E-state index contributed by atoms with van der Waals surface area (Å²) in [5, 5.41) is 14.3. The highest BCUT2D eigenvalue weighted by atomic mass is 32.1. The molecule has 0 bridgehead atoms. The molecule has 82 valence electrons. The van der Waals surface area contributed by atoms with E-state index in [4.69, 9.17) is 9.84 Å². The van der Waals surface area contributed by atoms with Gasteiger partial charge in [0.2, 0.25) is 0 Å². The maximum atomic E-state index is 10.9. The van der Waals surface area contributed by atoms with Crippen LogP contribution in [-0.4, -0.2) is 30.3 Å². The minimum absolute atomic E-state index is 0.252. The van der Waals surface area contributed by atoms with Gasteiger partial charge in [0.25, 0.3) is 0 Å². The molecule has 0 fully saturated rings. The van der Waals surface area contributed by atoms with E-state index in [9.17, 15) is 9.59 Å². The summed E-state index contributed by atoms with van der Waals surface area (Å²) in [5.41, 5.74) is 1.10. The number of carboxylic acids is 1. The van der Waals surface area contributed by atoms with Crippen molar-refractivity contribution in [2.45, 2.75) is 6.42 Å². The van der Waals surface area contributed by atoms with Crippen LogP contribution in [0.3, 0.4) is 0 Å². The lowest BCUT2D eigenvalue weighted by Gasteiger charge is -2.03. The Morgan fingerprint density at radius 2 is 2.33 bits per heavy atom. The van der Waals surface area contributed by atoms with Crippen LogP contribution in [-0.2, 0) is 16.0 Å². The predicted octanol–water partition coefficient (Wildman–Crippen LogP) is 1.10. The molecule has 15 heavy (non-hydrogen) atoms. The van der Waals surface area contributed by atoms with E-state index in [0.717, 1.165) is 5.56 Å². The zero-order chi connectivity index (χ0) is 11.1. The van der Waals surface area contributed by atoms with Crippen molar-refractivity contribution < 1.29 is 19.4 Å². The zero-order valence-electron chi connectivity index (χ0n) is 7.93. The number of ether oxygens (including phenoxy) is 1.